The molecular weight excluding hydrogens is 382 g/mol. The number of esters is 3. The first-order valence-electron chi connectivity index (χ1n) is 12.0. The molecule has 0 heterocycles. The molecule has 0 saturated carbocycles. The van der Waals surface area contributed by atoms with Crippen LogP contribution in [0.2, 0.25) is 0 Å². The highest BCUT2D eigenvalue weighted by molar-refractivity contribution is 5.90. The van der Waals surface area contributed by atoms with Gasteiger partial charge in [0, 0.05) is 19.3 Å². The molecule has 0 rings (SSSR count). The summed E-state index contributed by atoms with van der Waals surface area (Å²) in [6.45, 7) is 4.36. The SMILES string of the molecule is CCCCCCCCCC(=O)OC(=N)CCC(=O)OC(=O)CCCCCCCCC. The van der Waals surface area contributed by atoms with Gasteiger partial charge in [-0.25, -0.2) is 0 Å². The molecule has 0 aliphatic carbocycles. The lowest BCUT2D eigenvalue weighted by Crippen LogP contribution is -2.16. The fraction of sp³-hybridized carbons (Fsp3) is 0.833. The van der Waals surface area contributed by atoms with Crippen LogP contribution in [0.1, 0.15) is 129 Å². The maximum atomic E-state index is 11.7. The van der Waals surface area contributed by atoms with E-state index < -0.39 is 17.9 Å². The van der Waals surface area contributed by atoms with Crippen molar-refractivity contribution in [3.05, 3.63) is 0 Å². The lowest BCUT2D eigenvalue weighted by atomic mass is 10.1. The molecule has 0 spiro atoms. The monoisotopic (exact) mass is 425 g/mol. The van der Waals surface area contributed by atoms with E-state index in [9.17, 15) is 14.4 Å². The Kier molecular flexibility index (Phi) is 19.4. The van der Waals surface area contributed by atoms with Crippen molar-refractivity contribution in [3.63, 3.8) is 0 Å². The molecule has 0 radical (unpaired) electrons. The van der Waals surface area contributed by atoms with Gasteiger partial charge in [0.2, 0.25) is 0 Å². The molecule has 0 aliphatic rings. The van der Waals surface area contributed by atoms with Gasteiger partial charge in [-0.05, 0) is 12.8 Å². The molecule has 0 aromatic heterocycles. The van der Waals surface area contributed by atoms with E-state index >= 15 is 0 Å². The number of nitrogens with one attached hydrogen (secondary N) is 1. The topological polar surface area (TPSA) is 93.5 Å². The molecule has 0 aliphatic heterocycles. The normalized spacial score (nSPS) is 10.6. The Balaban J connectivity index is 3.66. The molecule has 0 amide bonds. The van der Waals surface area contributed by atoms with E-state index in [1.165, 1.54) is 51.4 Å². The molecule has 0 atom stereocenters. The largest absolute Gasteiger partial charge is 0.412 e. The molecule has 30 heavy (non-hydrogen) atoms. The summed E-state index contributed by atoms with van der Waals surface area (Å²) in [6, 6.07) is 0. The second-order valence-corrected chi connectivity index (χ2v) is 7.99. The zero-order chi connectivity index (χ0) is 22.5. The van der Waals surface area contributed by atoms with Crippen molar-refractivity contribution in [1.29, 1.82) is 5.41 Å². The van der Waals surface area contributed by atoms with Crippen LogP contribution in [0.5, 0.6) is 0 Å². The second kappa shape index (κ2) is 20.5. The standard InChI is InChI=1S/C24H43NO5/c1-3-5-7-9-11-13-15-17-22(26)29-21(25)19-20-24(28)30-23(27)18-16-14-12-10-8-6-4-2/h25H,3-20H2,1-2H3. The van der Waals surface area contributed by atoms with E-state index in [1.807, 2.05) is 0 Å². The number of hydrogen-bond acceptors (Lipinski definition) is 6. The van der Waals surface area contributed by atoms with Crippen LogP contribution in [0.15, 0.2) is 0 Å². The summed E-state index contributed by atoms with van der Waals surface area (Å²) in [6.07, 6.45) is 15.8. The summed E-state index contributed by atoms with van der Waals surface area (Å²) in [7, 11) is 0. The van der Waals surface area contributed by atoms with Gasteiger partial charge in [0.25, 0.3) is 0 Å². The van der Waals surface area contributed by atoms with Gasteiger partial charge in [0.1, 0.15) is 0 Å². The first-order chi connectivity index (χ1) is 14.5. The highest BCUT2D eigenvalue weighted by Crippen LogP contribution is 2.10. The molecule has 1 N–H and O–H groups in total. The molecule has 0 aromatic rings. The van der Waals surface area contributed by atoms with Crippen molar-refractivity contribution in [2.24, 2.45) is 0 Å². The Morgan fingerprint density at radius 3 is 1.33 bits per heavy atom. The molecule has 0 fully saturated rings. The third-order valence-electron chi connectivity index (χ3n) is 4.99. The van der Waals surface area contributed by atoms with Gasteiger partial charge in [0.15, 0.2) is 5.90 Å². The van der Waals surface area contributed by atoms with E-state index in [4.69, 9.17) is 14.9 Å². The average Bonchev–Trinajstić information content (AvgIpc) is 2.71. The number of hydrogen-bond donors (Lipinski definition) is 1. The predicted octanol–water partition coefficient (Wildman–Crippen LogP) is 6.64. The van der Waals surface area contributed by atoms with Gasteiger partial charge < -0.3 is 9.47 Å². The minimum atomic E-state index is -0.671. The van der Waals surface area contributed by atoms with Gasteiger partial charge in [-0.2, -0.15) is 0 Å². The fourth-order valence-corrected chi connectivity index (χ4v) is 3.14. The number of carbonyl (C=O) groups is 3. The van der Waals surface area contributed by atoms with Crippen molar-refractivity contribution in [3.8, 4) is 0 Å². The molecule has 6 nitrogen and oxygen atoms in total. The minimum absolute atomic E-state index is 0.0354. The maximum Gasteiger partial charge on any atom is 0.313 e. The highest BCUT2D eigenvalue weighted by atomic mass is 16.6. The van der Waals surface area contributed by atoms with E-state index in [2.05, 4.69) is 13.8 Å². The lowest BCUT2D eigenvalue weighted by molar-refractivity contribution is -0.159. The quantitative estimate of drug-likeness (QED) is 0.0823. The summed E-state index contributed by atoms with van der Waals surface area (Å²) >= 11 is 0. The van der Waals surface area contributed by atoms with E-state index in [-0.39, 0.29) is 31.6 Å². The zero-order valence-electron chi connectivity index (χ0n) is 19.3. The molecule has 0 aromatic carbocycles. The van der Waals surface area contributed by atoms with Crippen LogP contribution in [-0.4, -0.2) is 23.8 Å². The van der Waals surface area contributed by atoms with Crippen molar-refractivity contribution in [2.75, 3.05) is 0 Å². The van der Waals surface area contributed by atoms with Crippen molar-refractivity contribution < 1.29 is 23.9 Å². The maximum absolute atomic E-state index is 11.7. The fourth-order valence-electron chi connectivity index (χ4n) is 3.14. The molecule has 0 bridgehead atoms. The Bertz CT molecular complexity index is 446. The van der Waals surface area contributed by atoms with Crippen LogP contribution in [0.3, 0.4) is 0 Å². The molecular formula is C24H43NO5. The van der Waals surface area contributed by atoms with Crippen LogP contribution in [0.25, 0.3) is 0 Å². The Morgan fingerprint density at radius 1 is 0.500 bits per heavy atom. The summed E-state index contributed by atoms with van der Waals surface area (Å²) in [5.74, 6) is -1.87. The van der Waals surface area contributed by atoms with Crippen LogP contribution < -0.4 is 0 Å². The summed E-state index contributed by atoms with van der Waals surface area (Å²) in [5, 5.41) is 7.66. The van der Waals surface area contributed by atoms with E-state index in [0.717, 1.165) is 38.5 Å². The minimum Gasteiger partial charge on any atom is -0.412 e. The van der Waals surface area contributed by atoms with Crippen LogP contribution >= 0.6 is 0 Å². The van der Waals surface area contributed by atoms with Crippen molar-refractivity contribution >= 4 is 23.8 Å². The first kappa shape index (κ1) is 28.3. The Labute approximate surface area is 183 Å². The van der Waals surface area contributed by atoms with Gasteiger partial charge in [0.05, 0.1) is 6.42 Å². The third kappa shape index (κ3) is 19.6. The van der Waals surface area contributed by atoms with Gasteiger partial charge in [-0.3, -0.25) is 19.8 Å². The summed E-state index contributed by atoms with van der Waals surface area (Å²) in [5.41, 5.74) is 0. The van der Waals surface area contributed by atoms with Gasteiger partial charge >= 0.3 is 17.9 Å². The van der Waals surface area contributed by atoms with E-state index in [0.29, 0.717) is 0 Å². The van der Waals surface area contributed by atoms with Gasteiger partial charge in [-0.15, -0.1) is 0 Å². The first-order valence-corrected chi connectivity index (χ1v) is 12.0. The predicted molar refractivity (Wildman–Crippen MR) is 119 cm³/mol. The highest BCUT2D eigenvalue weighted by Gasteiger charge is 2.13. The number of carbonyl (C=O) groups excluding carboxylic acids is 3. The summed E-state index contributed by atoms with van der Waals surface area (Å²) < 4.78 is 9.68. The van der Waals surface area contributed by atoms with Gasteiger partial charge in [-0.1, -0.05) is 90.9 Å². The zero-order valence-corrected chi connectivity index (χ0v) is 19.3. The Morgan fingerprint density at radius 2 is 0.867 bits per heavy atom. The van der Waals surface area contributed by atoms with Crippen LogP contribution in [0, 0.1) is 5.41 Å². The summed E-state index contributed by atoms with van der Waals surface area (Å²) in [4.78, 5) is 35.1. The number of rotatable bonds is 19. The average molecular weight is 426 g/mol. The van der Waals surface area contributed by atoms with Crippen LogP contribution in [-0.2, 0) is 23.9 Å². The Hall–Kier alpha value is -1.72. The third-order valence-corrected chi connectivity index (χ3v) is 4.99. The molecule has 174 valence electrons. The van der Waals surface area contributed by atoms with Crippen molar-refractivity contribution in [2.45, 2.75) is 129 Å². The molecule has 0 unspecified atom stereocenters. The van der Waals surface area contributed by atoms with Crippen LogP contribution in [0.4, 0.5) is 0 Å². The molecule has 0 saturated heterocycles. The van der Waals surface area contributed by atoms with E-state index in [1.54, 1.807) is 0 Å². The number of ether oxygens (including phenoxy) is 2. The lowest BCUT2D eigenvalue weighted by Gasteiger charge is -2.06. The smallest absolute Gasteiger partial charge is 0.313 e. The molecule has 6 heteroatoms. The van der Waals surface area contributed by atoms with Crippen molar-refractivity contribution in [1.82, 2.24) is 0 Å². The number of unbranched alkanes of at least 4 members (excludes halogenated alkanes) is 12. The second-order valence-electron chi connectivity index (χ2n) is 7.99.